The lowest BCUT2D eigenvalue weighted by Gasteiger charge is -2.24. The minimum absolute atomic E-state index is 0.0167. The second kappa shape index (κ2) is 4.06. The highest BCUT2D eigenvalue weighted by Crippen LogP contribution is 2.31. The summed E-state index contributed by atoms with van der Waals surface area (Å²) in [5.74, 6) is 0.760. The first-order valence-electron chi connectivity index (χ1n) is 6.75. The van der Waals surface area contributed by atoms with Crippen molar-refractivity contribution in [2.24, 2.45) is 5.92 Å². The van der Waals surface area contributed by atoms with Gasteiger partial charge in [0.05, 0.1) is 18.0 Å². The number of rotatable bonds is 2. The summed E-state index contributed by atoms with van der Waals surface area (Å²) in [6.45, 7) is 1.11. The van der Waals surface area contributed by atoms with Gasteiger partial charge in [0, 0.05) is 23.8 Å². The van der Waals surface area contributed by atoms with Crippen LogP contribution in [0.1, 0.15) is 23.2 Å². The van der Waals surface area contributed by atoms with Crippen LogP contribution in [0.2, 0.25) is 0 Å². The molecule has 3 heterocycles. The van der Waals surface area contributed by atoms with Crippen molar-refractivity contribution in [2.45, 2.75) is 24.9 Å². The number of amides is 1. The Morgan fingerprint density at radius 1 is 1.47 bits per heavy atom. The van der Waals surface area contributed by atoms with Gasteiger partial charge in [-0.2, -0.15) is 0 Å². The van der Waals surface area contributed by atoms with E-state index in [1.165, 1.54) is 6.42 Å². The summed E-state index contributed by atoms with van der Waals surface area (Å²) in [4.78, 5) is 16.3. The quantitative estimate of drug-likeness (QED) is 0.836. The fourth-order valence-corrected chi connectivity index (χ4v) is 3.33. The molecule has 1 amide bonds. The van der Waals surface area contributed by atoms with Crippen molar-refractivity contribution in [2.75, 3.05) is 6.54 Å². The summed E-state index contributed by atoms with van der Waals surface area (Å²) in [6.07, 6.45) is 7.67. The summed E-state index contributed by atoms with van der Waals surface area (Å²) in [6, 6.07) is 4.47. The largest absolute Gasteiger partial charge is 0.348 e. The molecule has 2 fully saturated rings. The number of hydrogen-bond donors (Lipinski definition) is 2. The predicted molar refractivity (Wildman–Crippen MR) is 71.0 cm³/mol. The van der Waals surface area contributed by atoms with Crippen LogP contribution in [-0.4, -0.2) is 33.9 Å². The second-order valence-corrected chi connectivity index (χ2v) is 5.57. The Hall–Kier alpha value is -1.88. The Kier molecular flexibility index (Phi) is 2.35. The van der Waals surface area contributed by atoms with E-state index in [1.54, 1.807) is 12.5 Å². The minimum Gasteiger partial charge on any atom is -0.348 e. The van der Waals surface area contributed by atoms with Crippen LogP contribution < -0.4 is 10.6 Å². The fourth-order valence-electron chi connectivity index (χ4n) is 3.33. The molecule has 5 heteroatoms. The molecule has 2 aromatic rings. The molecule has 0 radical (unpaired) electrons. The number of piperidine rings is 1. The number of aromatic nitrogens is 2. The minimum atomic E-state index is 0.0167. The molecule has 1 saturated carbocycles. The van der Waals surface area contributed by atoms with Crippen molar-refractivity contribution in [3.63, 3.8) is 0 Å². The second-order valence-electron chi connectivity index (χ2n) is 5.57. The standard InChI is InChI=1S/C14H16N4O/c19-14(17-13-4-9-3-12(13)16-6-9)10-1-2-18-8-15-7-11(18)5-10/h1-2,5,7-9,12-13,16H,3-4,6H2,(H,17,19)/t9-,12-,13+/m0/s1. The van der Waals surface area contributed by atoms with Crippen molar-refractivity contribution >= 4 is 11.4 Å². The number of carbonyl (C=O) groups is 1. The van der Waals surface area contributed by atoms with Gasteiger partial charge >= 0.3 is 0 Å². The number of nitrogens with one attached hydrogen (secondary N) is 2. The van der Waals surface area contributed by atoms with Crippen LogP contribution in [-0.2, 0) is 0 Å². The third-order valence-electron chi connectivity index (χ3n) is 4.32. The van der Waals surface area contributed by atoms with Gasteiger partial charge in [0.2, 0.25) is 0 Å². The highest BCUT2D eigenvalue weighted by atomic mass is 16.1. The van der Waals surface area contributed by atoms with Gasteiger partial charge in [0.15, 0.2) is 0 Å². The maximum absolute atomic E-state index is 12.3. The molecule has 3 atom stereocenters. The normalized spacial score (nSPS) is 28.9. The van der Waals surface area contributed by atoms with Crippen molar-refractivity contribution in [3.05, 3.63) is 36.4 Å². The number of nitrogens with zero attached hydrogens (tertiary/aromatic N) is 2. The van der Waals surface area contributed by atoms with Gasteiger partial charge in [-0.3, -0.25) is 4.79 Å². The molecule has 0 aromatic carbocycles. The average Bonchev–Trinajstić information content (AvgIpc) is 3.13. The Morgan fingerprint density at radius 3 is 3.21 bits per heavy atom. The van der Waals surface area contributed by atoms with E-state index in [0.29, 0.717) is 11.6 Å². The van der Waals surface area contributed by atoms with E-state index in [9.17, 15) is 4.79 Å². The third-order valence-corrected chi connectivity index (χ3v) is 4.32. The predicted octanol–water partition coefficient (Wildman–Crippen LogP) is 0.814. The molecule has 2 aliphatic rings. The fraction of sp³-hybridized carbons (Fsp3) is 0.429. The summed E-state index contributed by atoms with van der Waals surface area (Å²) in [7, 11) is 0. The summed E-state index contributed by atoms with van der Waals surface area (Å²) >= 11 is 0. The monoisotopic (exact) mass is 256 g/mol. The Labute approximate surface area is 111 Å². The summed E-state index contributed by atoms with van der Waals surface area (Å²) in [5.41, 5.74) is 1.65. The summed E-state index contributed by atoms with van der Waals surface area (Å²) < 4.78 is 1.90. The van der Waals surface area contributed by atoms with Crippen molar-refractivity contribution in [1.29, 1.82) is 0 Å². The van der Waals surface area contributed by atoms with Crippen LogP contribution in [0, 0.1) is 5.92 Å². The number of imidazole rings is 1. The average molecular weight is 256 g/mol. The molecule has 1 aliphatic heterocycles. The number of pyridine rings is 1. The Balaban J connectivity index is 1.53. The number of fused-ring (bicyclic) bond motifs is 3. The zero-order valence-corrected chi connectivity index (χ0v) is 10.5. The van der Waals surface area contributed by atoms with E-state index in [4.69, 9.17) is 0 Å². The Morgan fingerprint density at radius 2 is 2.42 bits per heavy atom. The summed E-state index contributed by atoms with van der Waals surface area (Å²) in [5, 5.41) is 6.61. The molecule has 4 rings (SSSR count). The van der Waals surface area contributed by atoms with Gasteiger partial charge in [-0.1, -0.05) is 0 Å². The van der Waals surface area contributed by atoms with Gasteiger partial charge in [0.25, 0.3) is 5.91 Å². The molecule has 98 valence electrons. The SMILES string of the molecule is O=C(N[C@@H]1C[C@H]2CN[C@H]1C2)c1ccn2cncc2c1. The molecule has 2 aromatic heterocycles. The Bertz CT molecular complexity index is 635. The molecular weight excluding hydrogens is 240 g/mol. The van der Waals surface area contributed by atoms with E-state index in [0.717, 1.165) is 24.4 Å². The van der Waals surface area contributed by atoms with Crippen LogP contribution in [0.3, 0.4) is 0 Å². The van der Waals surface area contributed by atoms with E-state index in [2.05, 4.69) is 15.6 Å². The van der Waals surface area contributed by atoms with Gasteiger partial charge in [-0.05, 0) is 37.4 Å². The van der Waals surface area contributed by atoms with Crippen LogP contribution in [0.15, 0.2) is 30.9 Å². The molecule has 0 spiro atoms. The van der Waals surface area contributed by atoms with Gasteiger partial charge in [-0.25, -0.2) is 4.98 Å². The lowest BCUT2D eigenvalue weighted by Crippen LogP contribution is -2.47. The van der Waals surface area contributed by atoms with Crippen molar-refractivity contribution in [3.8, 4) is 0 Å². The molecular formula is C14H16N4O. The molecule has 0 unspecified atom stereocenters. The maximum Gasteiger partial charge on any atom is 0.251 e. The zero-order valence-electron chi connectivity index (χ0n) is 10.5. The number of hydrogen-bond acceptors (Lipinski definition) is 3. The highest BCUT2D eigenvalue weighted by molar-refractivity contribution is 5.95. The lowest BCUT2D eigenvalue weighted by molar-refractivity contribution is 0.0928. The molecule has 2 bridgehead atoms. The zero-order chi connectivity index (χ0) is 12.8. The maximum atomic E-state index is 12.3. The van der Waals surface area contributed by atoms with Gasteiger partial charge < -0.3 is 15.0 Å². The van der Waals surface area contributed by atoms with E-state index < -0.39 is 0 Å². The topological polar surface area (TPSA) is 58.4 Å². The smallest absolute Gasteiger partial charge is 0.251 e. The first-order chi connectivity index (χ1) is 9.29. The molecule has 1 saturated heterocycles. The molecule has 2 N–H and O–H groups in total. The van der Waals surface area contributed by atoms with Gasteiger partial charge in [0.1, 0.15) is 0 Å². The molecule has 5 nitrogen and oxygen atoms in total. The van der Waals surface area contributed by atoms with E-state index >= 15 is 0 Å². The van der Waals surface area contributed by atoms with Crippen molar-refractivity contribution < 1.29 is 4.79 Å². The first kappa shape index (κ1) is 11.0. The molecule has 1 aliphatic carbocycles. The van der Waals surface area contributed by atoms with Crippen LogP contribution in [0.25, 0.3) is 5.52 Å². The highest BCUT2D eigenvalue weighted by Gasteiger charge is 2.39. The first-order valence-corrected chi connectivity index (χ1v) is 6.75. The third kappa shape index (κ3) is 1.81. The van der Waals surface area contributed by atoms with E-state index in [1.807, 2.05) is 22.7 Å². The molecule has 19 heavy (non-hydrogen) atoms. The van der Waals surface area contributed by atoms with Gasteiger partial charge in [-0.15, -0.1) is 0 Å². The lowest BCUT2D eigenvalue weighted by atomic mass is 10.1. The van der Waals surface area contributed by atoms with Crippen molar-refractivity contribution in [1.82, 2.24) is 20.0 Å². The van der Waals surface area contributed by atoms with E-state index in [-0.39, 0.29) is 11.9 Å². The van der Waals surface area contributed by atoms with Crippen LogP contribution in [0.4, 0.5) is 0 Å². The number of carbonyl (C=O) groups excluding carboxylic acids is 1. The van der Waals surface area contributed by atoms with Crippen LogP contribution >= 0.6 is 0 Å². The van der Waals surface area contributed by atoms with Crippen LogP contribution in [0.5, 0.6) is 0 Å².